The van der Waals surface area contributed by atoms with Gasteiger partial charge in [0.05, 0.1) is 5.69 Å². The Kier molecular flexibility index (Phi) is 1.84. The predicted molar refractivity (Wildman–Crippen MR) is 54.2 cm³/mol. The number of carbonyl (C=O) groups is 1. The van der Waals surface area contributed by atoms with Crippen LogP contribution in [0, 0.1) is 24.7 Å². The van der Waals surface area contributed by atoms with Crippen molar-refractivity contribution in [2.24, 2.45) is 17.8 Å². The zero-order chi connectivity index (χ0) is 10.4. The largest absolute Gasteiger partial charge is 0.432 e. The lowest BCUT2D eigenvalue weighted by Crippen LogP contribution is -2.21. The summed E-state index contributed by atoms with van der Waals surface area (Å²) in [5.74, 6) is 1.91. The van der Waals surface area contributed by atoms with E-state index in [1.807, 2.05) is 6.92 Å². The lowest BCUT2D eigenvalue weighted by molar-refractivity contribution is -0.120. The molecule has 1 amide bonds. The third-order valence-electron chi connectivity index (χ3n) is 3.46. The van der Waals surface area contributed by atoms with E-state index in [1.165, 1.54) is 6.42 Å². The summed E-state index contributed by atoms with van der Waals surface area (Å²) in [5.41, 5.74) is 0.791. The molecule has 15 heavy (non-hydrogen) atoms. The van der Waals surface area contributed by atoms with Crippen LogP contribution in [0.5, 0.6) is 0 Å². The summed E-state index contributed by atoms with van der Waals surface area (Å²) < 4.78 is 5.09. The molecule has 2 aliphatic carbocycles. The summed E-state index contributed by atoms with van der Waals surface area (Å²) in [7, 11) is 0. The van der Waals surface area contributed by atoms with E-state index in [1.54, 1.807) is 6.26 Å². The molecule has 0 saturated heterocycles. The second kappa shape index (κ2) is 3.08. The predicted octanol–water partition coefficient (Wildman–Crippen LogP) is 1.97. The number of nitrogens with zero attached hydrogens (tertiary/aromatic N) is 1. The highest BCUT2D eigenvalue weighted by molar-refractivity contribution is 5.90. The molecule has 0 aromatic carbocycles. The fourth-order valence-corrected chi connectivity index (χ4v) is 2.55. The molecule has 4 heteroatoms. The van der Waals surface area contributed by atoms with Gasteiger partial charge in [0.25, 0.3) is 0 Å². The van der Waals surface area contributed by atoms with Crippen molar-refractivity contribution in [2.75, 3.05) is 5.32 Å². The molecule has 1 N–H and O–H groups in total. The Morgan fingerprint density at radius 2 is 2.20 bits per heavy atom. The highest BCUT2D eigenvalue weighted by Gasteiger charge is 2.48. The van der Waals surface area contributed by atoms with Gasteiger partial charge in [-0.3, -0.25) is 10.1 Å². The summed E-state index contributed by atoms with van der Waals surface area (Å²) >= 11 is 0. The Balaban J connectivity index is 1.61. The van der Waals surface area contributed by atoms with Crippen molar-refractivity contribution in [3.8, 4) is 0 Å². The third kappa shape index (κ3) is 1.64. The van der Waals surface area contributed by atoms with E-state index >= 15 is 0 Å². The van der Waals surface area contributed by atoms with Gasteiger partial charge < -0.3 is 4.42 Å². The molecule has 2 atom stereocenters. The first-order valence-corrected chi connectivity index (χ1v) is 5.45. The van der Waals surface area contributed by atoms with Crippen molar-refractivity contribution in [1.82, 2.24) is 4.98 Å². The zero-order valence-electron chi connectivity index (χ0n) is 8.69. The number of hydrogen-bond acceptors (Lipinski definition) is 3. The van der Waals surface area contributed by atoms with E-state index < -0.39 is 0 Å². The van der Waals surface area contributed by atoms with Crippen LogP contribution in [0.25, 0.3) is 0 Å². The van der Waals surface area contributed by atoms with Crippen LogP contribution in [0.4, 0.5) is 6.01 Å². The number of fused-ring (bicyclic) bond motifs is 1. The molecule has 0 bridgehead atoms. The second-order valence-corrected chi connectivity index (χ2v) is 4.71. The van der Waals surface area contributed by atoms with Gasteiger partial charge in [0.15, 0.2) is 0 Å². The monoisotopic (exact) mass is 206 g/mol. The summed E-state index contributed by atoms with van der Waals surface area (Å²) in [5, 5.41) is 2.73. The SMILES string of the molecule is Cc1coc(NC(=O)C2CC3CC3C2)n1. The first-order chi connectivity index (χ1) is 7.22. The van der Waals surface area contributed by atoms with E-state index in [9.17, 15) is 4.79 Å². The van der Waals surface area contributed by atoms with Gasteiger partial charge in [-0.05, 0) is 38.0 Å². The minimum absolute atomic E-state index is 0.0732. The van der Waals surface area contributed by atoms with Crippen LogP contribution < -0.4 is 5.32 Å². The fourth-order valence-electron chi connectivity index (χ4n) is 2.55. The van der Waals surface area contributed by atoms with E-state index in [0.717, 1.165) is 30.4 Å². The standard InChI is InChI=1S/C11H14N2O2/c1-6-5-15-11(12-6)13-10(14)9-3-7-2-8(7)4-9/h5,7-9H,2-4H2,1H3,(H,12,13,14). The number of hydrogen-bond donors (Lipinski definition) is 1. The highest BCUT2D eigenvalue weighted by atomic mass is 16.4. The number of nitrogens with one attached hydrogen (secondary N) is 1. The van der Waals surface area contributed by atoms with Gasteiger partial charge in [-0.25, -0.2) is 0 Å². The molecule has 1 aromatic rings. The first-order valence-electron chi connectivity index (χ1n) is 5.45. The van der Waals surface area contributed by atoms with Crippen molar-refractivity contribution in [2.45, 2.75) is 26.2 Å². The lowest BCUT2D eigenvalue weighted by Gasteiger charge is -2.09. The topological polar surface area (TPSA) is 55.1 Å². The molecule has 2 unspecified atom stereocenters. The van der Waals surface area contributed by atoms with E-state index in [-0.39, 0.29) is 11.8 Å². The minimum atomic E-state index is 0.0732. The Hall–Kier alpha value is -1.32. The average molecular weight is 206 g/mol. The maximum Gasteiger partial charge on any atom is 0.301 e. The molecular formula is C11H14N2O2. The molecule has 4 nitrogen and oxygen atoms in total. The number of anilines is 1. The molecule has 1 aromatic heterocycles. The average Bonchev–Trinajstić information content (AvgIpc) is 2.61. The zero-order valence-corrected chi connectivity index (χ0v) is 8.69. The van der Waals surface area contributed by atoms with E-state index in [0.29, 0.717) is 6.01 Å². The Morgan fingerprint density at radius 1 is 1.47 bits per heavy atom. The van der Waals surface area contributed by atoms with Crippen LogP contribution in [-0.2, 0) is 4.79 Å². The van der Waals surface area contributed by atoms with Gasteiger partial charge in [0, 0.05) is 5.92 Å². The fraction of sp³-hybridized carbons (Fsp3) is 0.636. The number of aromatic nitrogens is 1. The molecule has 80 valence electrons. The van der Waals surface area contributed by atoms with Crippen molar-refractivity contribution in [3.05, 3.63) is 12.0 Å². The normalized spacial score (nSPS) is 32.5. The van der Waals surface area contributed by atoms with Crippen LogP contribution in [-0.4, -0.2) is 10.9 Å². The Morgan fingerprint density at radius 3 is 2.80 bits per heavy atom. The van der Waals surface area contributed by atoms with Crippen molar-refractivity contribution in [1.29, 1.82) is 0 Å². The molecule has 2 saturated carbocycles. The summed E-state index contributed by atoms with van der Waals surface area (Å²) in [6, 6.07) is 0.332. The van der Waals surface area contributed by atoms with Gasteiger partial charge in [-0.15, -0.1) is 0 Å². The quantitative estimate of drug-likeness (QED) is 0.804. The second-order valence-electron chi connectivity index (χ2n) is 4.71. The van der Waals surface area contributed by atoms with Crippen molar-refractivity contribution in [3.63, 3.8) is 0 Å². The Labute approximate surface area is 88.1 Å². The molecule has 0 spiro atoms. The summed E-state index contributed by atoms with van der Waals surface area (Å²) in [4.78, 5) is 15.8. The van der Waals surface area contributed by atoms with Gasteiger partial charge in [-0.2, -0.15) is 4.98 Å². The number of carbonyl (C=O) groups excluding carboxylic acids is 1. The number of aryl methyl sites for hydroxylation is 1. The number of oxazole rings is 1. The smallest absolute Gasteiger partial charge is 0.301 e. The Bertz CT molecular complexity index is 389. The maximum atomic E-state index is 11.8. The lowest BCUT2D eigenvalue weighted by atomic mass is 10.0. The van der Waals surface area contributed by atoms with Gasteiger partial charge in [0.2, 0.25) is 5.91 Å². The van der Waals surface area contributed by atoms with Crippen LogP contribution in [0.2, 0.25) is 0 Å². The highest BCUT2D eigenvalue weighted by Crippen LogP contribution is 2.54. The van der Waals surface area contributed by atoms with Gasteiger partial charge in [-0.1, -0.05) is 0 Å². The van der Waals surface area contributed by atoms with Crippen LogP contribution in [0.3, 0.4) is 0 Å². The van der Waals surface area contributed by atoms with Crippen LogP contribution in [0.15, 0.2) is 10.7 Å². The maximum absolute atomic E-state index is 11.8. The molecule has 2 aliphatic rings. The first kappa shape index (κ1) is 8.95. The van der Waals surface area contributed by atoms with Gasteiger partial charge in [0.1, 0.15) is 6.26 Å². The number of amides is 1. The van der Waals surface area contributed by atoms with Crippen molar-refractivity contribution < 1.29 is 9.21 Å². The van der Waals surface area contributed by atoms with E-state index in [4.69, 9.17) is 4.42 Å². The number of rotatable bonds is 2. The molecule has 2 fully saturated rings. The summed E-state index contributed by atoms with van der Waals surface area (Å²) in [6.07, 6.45) is 4.98. The molecule has 1 heterocycles. The summed E-state index contributed by atoms with van der Waals surface area (Å²) in [6.45, 7) is 1.84. The van der Waals surface area contributed by atoms with Crippen LogP contribution >= 0.6 is 0 Å². The van der Waals surface area contributed by atoms with Crippen molar-refractivity contribution >= 4 is 11.9 Å². The third-order valence-corrected chi connectivity index (χ3v) is 3.46. The van der Waals surface area contributed by atoms with E-state index in [2.05, 4.69) is 10.3 Å². The molecule has 3 rings (SSSR count). The minimum Gasteiger partial charge on any atom is -0.432 e. The molecular weight excluding hydrogens is 192 g/mol. The molecule has 0 aliphatic heterocycles. The molecule has 0 radical (unpaired) electrons. The van der Waals surface area contributed by atoms with Crippen LogP contribution in [0.1, 0.15) is 25.0 Å². The van der Waals surface area contributed by atoms with Gasteiger partial charge >= 0.3 is 6.01 Å².